The number of hydrogen-bond donors (Lipinski definition) is 1. The summed E-state index contributed by atoms with van der Waals surface area (Å²) in [5.41, 5.74) is 1.87. The fourth-order valence-electron chi connectivity index (χ4n) is 2.76. The van der Waals surface area contributed by atoms with Gasteiger partial charge in [0.1, 0.15) is 5.75 Å². The van der Waals surface area contributed by atoms with Crippen molar-refractivity contribution in [2.75, 3.05) is 6.61 Å². The molecule has 0 saturated carbocycles. The molecule has 0 aliphatic carbocycles. The normalized spacial score (nSPS) is 16.2. The van der Waals surface area contributed by atoms with Crippen LogP contribution in [0.1, 0.15) is 23.6 Å². The first-order valence-corrected chi connectivity index (χ1v) is 7.64. The maximum absolute atomic E-state index is 10.8. The topological polar surface area (TPSA) is 29.5 Å². The van der Waals surface area contributed by atoms with Crippen LogP contribution < -0.4 is 4.74 Å². The second-order valence-electron chi connectivity index (χ2n) is 5.61. The third kappa shape index (κ3) is 3.03. The maximum Gasteiger partial charge on any atom is 0.126 e. The van der Waals surface area contributed by atoms with E-state index >= 15 is 0 Å². The van der Waals surface area contributed by atoms with Crippen LogP contribution in [0.2, 0.25) is 10.0 Å². The first kappa shape index (κ1) is 14.7. The van der Waals surface area contributed by atoms with E-state index in [9.17, 15) is 5.11 Å². The molecule has 0 bridgehead atoms. The molecule has 1 aliphatic heterocycles. The molecule has 21 heavy (non-hydrogen) atoms. The van der Waals surface area contributed by atoms with E-state index in [-0.39, 0.29) is 0 Å². The molecular formula is C17H16Cl2O2. The summed E-state index contributed by atoms with van der Waals surface area (Å²) in [5.74, 6) is 0.869. The third-order valence-corrected chi connectivity index (χ3v) is 4.30. The molecule has 0 fully saturated rings. The summed E-state index contributed by atoms with van der Waals surface area (Å²) in [4.78, 5) is 0. The molecule has 2 aromatic carbocycles. The Kier molecular flexibility index (Phi) is 3.87. The summed E-state index contributed by atoms with van der Waals surface area (Å²) in [6, 6.07) is 11.1. The van der Waals surface area contributed by atoms with Crippen LogP contribution >= 0.6 is 23.2 Å². The van der Waals surface area contributed by atoms with Crippen LogP contribution in [0.3, 0.4) is 0 Å². The second kappa shape index (κ2) is 5.53. The zero-order chi connectivity index (χ0) is 15.0. The van der Waals surface area contributed by atoms with E-state index in [4.69, 9.17) is 27.9 Å². The predicted molar refractivity (Wildman–Crippen MR) is 85.4 cm³/mol. The largest absolute Gasteiger partial charge is 0.493 e. The minimum atomic E-state index is -1.00. The Bertz CT molecular complexity index is 663. The van der Waals surface area contributed by atoms with Crippen molar-refractivity contribution >= 4 is 23.2 Å². The molecule has 2 nitrogen and oxygen atoms in total. The van der Waals surface area contributed by atoms with Gasteiger partial charge in [-0.3, -0.25) is 0 Å². The number of fused-ring (bicyclic) bond motifs is 1. The molecule has 1 unspecified atom stereocenters. The molecular weight excluding hydrogens is 307 g/mol. The monoisotopic (exact) mass is 322 g/mol. The third-order valence-electron chi connectivity index (χ3n) is 3.83. The number of hydrogen-bond acceptors (Lipinski definition) is 2. The number of rotatable bonds is 3. The zero-order valence-electron chi connectivity index (χ0n) is 11.7. The van der Waals surface area contributed by atoms with Gasteiger partial charge < -0.3 is 9.84 Å². The highest BCUT2D eigenvalue weighted by molar-refractivity contribution is 6.31. The van der Waals surface area contributed by atoms with Crippen molar-refractivity contribution in [1.82, 2.24) is 0 Å². The van der Waals surface area contributed by atoms with Crippen molar-refractivity contribution in [1.29, 1.82) is 0 Å². The predicted octanol–water partition coefficient (Wildman–Crippen LogP) is 4.38. The summed E-state index contributed by atoms with van der Waals surface area (Å²) in [5, 5.41) is 12.1. The smallest absolute Gasteiger partial charge is 0.126 e. The minimum absolute atomic E-state index is 0.442. The fraction of sp³-hybridized carbons (Fsp3) is 0.294. The minimum Gasteiger partial charge on any atom is -0.493 e. The number of aliphatic hydroxyl groups is 1. The SMILES string of the molecule is CC(O)(Cc1cc(Cl)cc2c1OCC2)c1ccc(Cl)cc1. The van der Waals surface area contributed by atoms with Gasteiger partial charge in [-0.25, -0.2) is 0 Å². The van der Waals surface area contributed by atoms with Crippen LogP contribution in [-0.4, -0.2) is 11.7 Å². The summed E-state index contributed by atoms with van der Waals surface area (Å²) < 4.78 is 5.69. The number of benzene rings is 2. The summed E-state index contributed by atoms with van der Waals surface area (Å²) in [7, 11) is 0. The highest BCUT2D eigenvalue weighted by atomic mass is 35.5. The van der Waals surface area contributed by atoms with Crippen LogP contribution in [0.4, 0.5) is 0 Å². The van der Waals surface area contributed by atoms with Crippen LogP contribution in [0, 0.1) is 0 Å². The molecule has 110 valence electrons. The van der Waals surface area contributed by atoms with E-state index < -0.39 is 5.60 Å². The van der Waals surface area contributed by atoms with E-state index in [0.29, 0.717) is 23.1 Å². The van der Waals surface area contributed by atoms with Gasteiger partial charge in [0, 0.05) is 22.9 Å². The average molecular weight is 323 g/mol. The zero-order valence-corrected chi connectivity index (χ0v) is 13.2. The maximum atomic E-state index is 10.8. The van der Waals surface area contributed by atoms with Gasteiger partial charge in [0.15, 0.2) is 0 Å². The first-order valence-electron chi connectivity index (χ1n) is 6.88. The van der Waals surface area contributed by atoms with Crippen LogP contribution in [0.15, 0.2) is 36.4 Å². The lowest BCUT2D eigenvalue weighted by Gasteiger charge is -2.25. The molecule has 2 aromatic rings. The van der Waals surface area contributed by atoms with E-state index in [2.05, 4.69) is 0 Å². The van der Waals surface area contributed by atoms with E-state index in [1.54, 1.807) is 19.1 Å². The average Bonchev–Trinajstić information content (AvgIpc) is 2.87. The van der Waals surface area contributed by atoms with Crippen molar-refractivity contribution in [3.05, 3.63) is 63.1 Å². The van der Waals surface area contributed by atoms with Crippen molar-refractivity contribution in [2.24, 2.45) is 0 Å². The Labute approximate surface area is 134 Å². The van der Waals surface area contributed by atoms with Crippen molar-refractivity contribution in [3.63, 3.8) is 0 Å². The summed E-state index contributed by atoms with van der Waals surface area (Å²) in [6.45, 7) is 2.46. The number of halogens is 2. The highest BCUT2D eigenvalue weighted by Crippen LogP contribution is 2.37. The van der Waals surface area contributed by atoms with Gasteiger partial charge in [-0.15, -0.1) is 0 Å². The van der Waals surface area contributed by atoms with Crippen LogP contribution in [0.25, 0.3) is 0 Å². The van der Waals surface area contributed by atoms with Crippen LogP contribution in [0.5, 0.6) is 5.75 Å². The standard InChI is InChI=1S/C17H16Cl2O2/c1-17(20,13-2-4-14(18)5-3-13)10-12-9-15(19)8-11-6-7-21-16(11)12/h2-5,8-9,20H,6-7,10H2,1H3. The van der Waals surface area contributed by atoms with Crippen LogP contribution in [-0.2, 0) is 18.4 Å². The highest BCUT2D eigenvalue weighted by Gasteiger charge is 2.27. The van der Waals surface area contributed by atoms with Gasteiger partial charge in [-0.2, -0.15) is 0 Å². The first-order chi connectivity index (χ1) is 9.95. The molecule has 1 N–H and O–H groups in total. The van der Waals surface area contributed by atoms with E-state index in [1.807, 2.05) is 24.3 Å². The van der Waals surface area contributed by atoms with Crippen molar-refractivity contribution < 1.29 is 9.84 Å². The second-order valence-corrected chi connectivity index (χ2v) is 6.48. The molecule has 0 radical (unpaired) electrons. The molecule has 0 spiro atoms. The number of ether oxygens (including phenoxy) is 1. The Hall–Kier alpha value is -1.22. The molecule has 1 heterocycles. The lowest BCUT2D eigenvalue weighted by molar-refractivity contribution is 0.0569. The lowest BCUT2D eigenvalue weighted by Crippen LogP contribution is -2.24. The summed E-state index contributed by atoms with van der Waals surface area (Å²) in [6.07, 6.45) is 1.31. The van der Waals surface area contributed by atoms with Gasteiger partial charge in [0.25, 0.3) is 0 Å². The van der Waals surface area contributed by atoms with E-state index in [0.717, 1.165) is 28.9 Å². The van der Waals surface area contributed by atoms with Gasteiger partial charge in [0.05, 0.1) is 12.2 Å². The quantitative estimate of drug-likeness (QED) is 0.908. The van der Waals surface area contributed by atoms with Crippen molar-refractivity contribution in [3.8, 4) is 5.75 Å². The molecule has 0 aromatic heterocycles. The van der Waals surface area contributed by atoms with Gasteiger partial charge in [-0.1, -0.05) is 35.3 Å². The van der Waals surface area contributed by atoms with Gasteiger partial charge in [0.2, 0.25) is 0 Å². The molecule has 3 rings (SSSR count). The molecule has 0 amide bonds. The summed E-state index contributed by atoms with van der Waals surface area (Å²) >= 11 is 12.1. The molecule has 1 atom stereocenters. The fourth-order valence-corrected chi connectivity index (χ4v) is 3.15. The van der Waals surface area contributed by atoms with Gasteiger partial charge in [-0.05, 0) is 47.9 Å². The van der Waals surface area contributed by atoms with E-state index in [1.165, 1.54) is 0 Å². The molecule has 1 aliphatic rings. The Balaban J connectivity index is 1.94. The lowest BCUT2D eigenvalue weighted by atomic mass is 9.88. The Morgan fingerprint density at radius 1 is 1.14 bits per heavy atom. The molecule has 0 saturated heterocycles. The van der Waals surface area contributed by atoms with Crippen molar-refractivity contribution in [2.45, 2.75) is 25.4 Å². The van der Waals surface area contributed by atoms with Gasteiger partial charge >= 0.3 is 0 Å². The Morgan fingerprint density at radius 2 is 1.86 bits per heavy atom. The molecule has 4 heteroatoms. The Morgan fingerprint density at radius 3 is 2.57 bits per heavy atom.